The number of aromatic nitrogens is 1. The smallest absolute Gasteiger partial charge is 0.388 e. The summed E-state index contributed by atoms with van der Waals surface area (Å²) >= 11 is 0. The highest BCUT2D eigenvalue weighted by Gasteiger charge is 2.28. The van der Waals surface area contributed by atoms with Gasteiger partial charge in [0.25, 0.3) is 0 Å². The zero-order chi connectivity index (χ0) is 17.2. The van der Waals surface area contributed by atoms with Crippen LogP contribution in [0.2, 0.25) is 0 Å². The van der Waals surface area contributed by atoms with E-state index in [9.17, 15) is 22.4 Å². The lowest BCUT2D eigenvalue weighted by molar-refractivity contribution is -0.0529. The van der Waals surface area contributed by atoms with Gasteiger partial charge in [0.05, 0.1) is 0 Å². The van der Waals surface area contributed by atoms with Gasteiger partial charge in [-0.25, -0.2) is 18.6 Å². The summed E-state index contributed by atoms with van der Waals surface area (Å²) in [5.74, 6) is 0.416. The standard InChI is InChI=1S/C13H17F2N3O2.CH2F2.FH.2H2/c1-8(10-2-3-10)18-13(19)17-7-9-4-5-16-11(6-9)20-12(14)15;2-1-3;;;/h4-6,8,10,12H,2-3,7H2,1H3,(H2,17,18,19);1H2;3*1H/t8-;;;;/m0..../s1. The summed E-state index contributed by atoms with van der Waals surface area (Å²) in [6.45, 7) is -2.46. The largest absolute Gasteiger partial charge is 0.417 e. The monoisotopic (exact) mass is 361 g/mol. The summed E-state index contributed by atoms with van der Waals surface area (Å²) in [6, 6.07) is 2.89. The molecule has 0 unspecified atom stereocenters. The van der Waals surface area contributed by atoms with Crippen molar-refractivity contribution in [3.63, 3.8) is 0 Å². The van der Waals surface area contributed by atoms with Gasteiger partial charge in [0.1, 0.15) is 0 Å². The lowest BCUT2D eigenvalue weighted by Gasteiger charge is -2.13. The number of alkyl halides is 4. The molecule has 5 nitrogen and oxygen atoms in total. The molecule has 0 saturated heterocycles. The number of ether oxygens (including phenoxy) is 1. The second-order valence-electron chi connectivity index (χ2n) is 4.93. The molecule has 1 aromatic heterocycles. The van der Waals surface area contributed by atoms with Gasteiger partial charge in [-0.3, -0.25) is 4.70 Å². The number of nitrogens with one attached hydrogen (secondary N) is 2. The summed E-state index contributed by atoms with van der Waals surface area (Å²) < 4.78 is 47.5. The van der Waals surface area contributed by atoms with Crippen LogP contribution in [0.15, 0.2) is 18.3 Å². The Balaban J connectivity index is -0.000000825. The van der Waals surface area contributed by atoms with Crippen LogP contribution in [-0.4, -0.2) is 30.6 Å². The molecular formula is C14H24F5N3O2. The van der Waals surface area contributed by atoms with E-state index in [-0.39, 0.29) is 32.1 Å². The maximum atomic E-state index is 12.0. The Morgan fingerprint density at radius 1 is 1.46 bits per heavy atom. The van der Waals surface area contributed by atoms with Gasteiger partial charge in [0.2, 0.25) is 12.8 Å². The third-order valence-electron chi connectivity index (χ3n) is 3.15. The summed E-state index contributed by atoms with van der Waals surface area (Å²) in [4.78, 5) is 15.3. The zero-order valence-corrected chi connectivity index (χ0v) is 13.0. The van der Waals surface area contributed by atoms with Crippen LogP contribution in [0.1, 0.15) is 28.2 Å². The maximum absolute atomic E-state index is 12.0. The second-order valence-corrected chi connectivity index (χ2v) is 4.93. The fraction of sp³-hybridized carbons (Fsp3) is 0.571. The molecule has 1 aromatic rings. The van der Waals surface area contributed by atoms with Crippen molar-refractivity contribution in [1.82, 2.24) is 15.6 Å². The molecule has 1 saturated carbocycles. The first-order chi connectivity index (χ1) is 11.0. The zero-order valence-electron chi connectivity index (χ0n) is 13.0. The van der Waals surface area contributed by atoms with Gasteiger partial charge in [0.15, 0.2) is 0 Å². The van der Waals surface area contributed by atoms with Crippen LogP contribution in [-0.2, 0) is 6.54 Å². The van der Waals surface area contributed by atoms with Crippen molar-refractivity contribution in [3.05, 3.63) is 23.9 Å². The molecule has 1 heterocycles. The molecule has 0 bridgehead atoms. The van der Waals surface area contributed by atoms with Crippen LogP contribution >= 0.6 is 0 Å². The van der Waals surface area contributed by atoms with E-state index in [1.54, 1.807) is 6.07 Å². The molecule has 1 aliphatic rings. The van der Waals surface area contributed by atoms with Crippen LogP contribution in [0.5, 0.6) is 5.88 Å². The highest BCUT2D eigenvalue weighted by molar-refractivity contribution is 5.74. The van der Waals surface area contributed by atoms with Gasteiger partial charge in [-0.15, -0.1) is 0 Å². The van der Waals surface area contributed by atoms with Crippen molar-refractivity contribution in [1.29, 1.82) is 0 Å². The minimum absolute atomic E-state index is 0. The van der Waals surface area contributed by atoms with Crippen LogP contribution in [0.4, 0.5) is 27.1 Å². The number of amides is 2. The Kier molecular flexibility index (Phi) is 10.4. The summed E-state index contributed by atoms with van der Waals surface area (Å²) in [5, 5.41) is 5.51. The van der Waals surface area contributed by atoms with Gasteiger partial charge in [-0.2, -0.15) is 8.78 Å². The highest BCUT2D eigenvalue weighted by Crippen LogP contribution is 2.32. The number of rotatable bonds is 6. The SMILES string of the molecule is C[C@H](NC(=O)NCc1ccnc(OC(F)F)c1)C1CC1.F.FCF.[HH].[HH]. The van der Waals surface area contributed by atoms with Gasteiger partial charge in [-0.1, -0.05) is 0 Å². The Morgan fingerprint density at radius 2 is 2.08 bits per heavy atom. The molecule has 1 fully saturated rings. The number of carbonyl (C=O) groups excluding carboxylic acids is 1. The van der Waals surface area contributed by atoms with Crippen LogP contribution in [0.25, 0.3) is 0 Å². The van der Waals surface area contributed by atoms with Gasteiger partial charge >= 0.3 is 12.6 Å². The molecule has 0 spiro atoms. The maximum Gasteiger partial charge on any atom is 0.388 e. The lowest BCUT2D eigenvalue weighted by Crippen LogP contribution is -2.41. The molecule has 10 heteroatoms. The fourth-order valence-corrected chi connectivity index (χ4v) is 1.87. The van der Waals surface area contributed by atoms with Gasteiger partial charge < -0.3 is 15.4 Å². The normalized spacial score (nSPS) is 13.9. The molecule has 1 aliphatic carbocycles. The Hall–Kier alpha value is -2.13. The number of hydrogen-bond acceptors (Lipinski definition) is 3. The highest BCUT2D eigenvalue weighted by atomic mass is 19.3. The summed E-state index contributed by atoms with van der Waals surface area (Å²) in [6.07, 6.45) is 3.67. The predicted molar refractivity (Wildman–Crippen MR) is 82.2 cm³/mol. The van der Waals surface area contributed by atoms with E-state index in [4.69, 9.17) is 0 Å². The van der Waals surface area contributed by atoms with E-state index in [0.717, 1.165) is 12.8 Å². The summed E-state index contributed by atoms with van der Waals surface area (Å²) in [5.41, 5.74) is 0.643. The van der Waals surface area contributed by atoms with Gasteiger partial charge in [-0.05, 0) is 37.3 Å². The number of hydrogen-bond donors (Lipinski definition) is 2. The average molecular weight is 361 g/mol. The van der Waals surface area contributed by atoms with E-state index >= 15 is 0 Å². The van der Waals surface area contributed by atoms with E-state index in [1.807, 2.05) is 6.92 Å². The number of urea groups is 1. The van der Waals surface area contributed by atoms with Crippen molar-refractivity contribution in [2.45, 2.75) is 39.0 Å². The Bertz CT molecular complexity index is 499. The Morgan fingerprint density at radius 3 is 2.62 bits per heavy atom. The van der Waals surface area contributed by atoms with Crippen LogP contribution in [0.3, 0.4) is 0 Å². The van der Waals surface area contributed by atoms with Crippen molar-refractivity contribution in [2.75, 3.05) is 6.93 Å². The lowest BCUT2D eigenvalue weighted by atomic mass is 10.2. The molecule has 2 rings (SSSR count). The fourth-order valence-electron chi connectivity index (χ4n) is 1.87. The third-order valence-corrected chi connectivity index (χ3v) is 3.15. The molecule has 142 valence electrons. The molecule has 2 N–H and O–H groups in total. The molecular weight excluding hydrogens is 337 g/mol. The molecule has 2 amide bonds. The molecule has 0 radical (unpaired) electrons. The average Bonchev–Trinajstić information content (AvgIpc) is 3.30. The molecule has 24 heavy (non-hydrogen) atoms. The Labute approximate surface area is 139 Å². The quantitative estimate of drug-likeness (QED) is 0.758. The number of pyridine rings is 1. The van der Waals surface area contributed by atoms with Crippen LogP contribution in [0, 0.1) is 5.92 Å². The van der Waals surface area contributed by atoms with E-state index in [1.165, 1.54) is 12.3 Å². The van der Waals surface area contributed by atoms with Crippen molar-refractivity contribution < 1.29 is 34.7 Å². The van der Waals surface area contributed by atoms with E-state index in [2.05, 4.69) is 20.4 Å². The number of halogens is 5. The van der Waals surface area contributed by atoms with Crippen molar-refractivity contribution in [3.8, 4) is 5.88 Å². The first-order valence-corrected chi connectivity index (χ1v) is 7.02. The minimum atomic E-state index is -2.91. The predicted octanol–water partition coefficient (Wildman–Crippen LogP) is 3.81. The van der Waals surface area contributed by atoms with E-state index in [0.29, 0.717) is 11.5 Å². The topological polar surface area (TPSA) is 63.2 Å². The molecule has 0 aliphatic heterocycles. The summed E-state index contributed by atoms with van der Waals surface area (Å²) in [7, 11) is 0. The first kappa shape index (κ1) is 21.9. The third kappa shape index (κ3) is 9.11. The number of carbonyl (C=O) groups is 1. The second kappa shape index (κ2) is 11.4. The number of nitrogens with zero attached hydrogens (tertiary/aromatic N) is 1. The van der Waals surface area contributed by atoms with Crippen LogP contribution < -0.4 is 15.4 Å². The van der Waals surface area contributed by atoms with Gasteiger partial charge in [0, 0.05) is 27.7 Å². The van der Waals surface area contributed by atoms with Crippen molar-refractivity contribution in [2.24, 2.45) is 5.92 Å². The molecule has 1 atom stereocenters. The molecule has 0 aromatic carbocycles. The van der Waals surface area contributed by atoms with E-state index < -0.39 is 13.5 Å². The first-order valence-electron chi connectivity index (χ1n) is 7.02. The minimum Gasteiger partial charge on any atom is -0.417 e. The van der Waals surface area contributed by atoms with Crippen molar-refractivity contribution >= 4 is 6.03 Å².